The Hall–Kier alpha value is -0.810. The topological polar surface area (TPSA) is 75.8 Å². The largest absolute Gasteiger partial charge is 0.444 e. The van der Waals surface area contributed by atoms with Crippen LogP contribution in [-0.2, 0) is 4.74 Å². The highest BCUT2D eigenvalue weighted by molar-refractivity contribution is 5.68. The second-order valence-electron chi connectivity index (χ2n) is 5.89. The number of carbonyl (C=O) groups excluding carboxylic acids is 1. The second kappa shape index (κ2) is 7.59. The molecular weight excluding hydrogens is 232 g/mol. The third kappa shape index (κ3) is 9.24. The fraction of sp³-hybridized carbons (Fsp3) is 0.923. The lowest BCUT2D eigenvalue weighted by Gasteiger charge is -2.28. The highest BCUT2D eigenvalue weighted by Crippen LogP contribution is 2.11. The Balaban J connectivity index is 4.33. The van der Waals surface area contributed by atoms with Gasteiger partial charge in [0.1, 0.15) is 5.60 Å². The Bertz CT molecular complexity index is 247. The molecule has 3 N–H and O–H groups in total. The van der Waals surface area contributed by atoms with Gasteiger partial charge in [0, 0.05) is 19.1 Å². The summed E-state index contributed by atoms with van der Waals surface area (Å²) in [5.41, 5.74) is 5.23. The van der Waals surface area contributed by atoms with Crippen LogP contribution >= 0.6 is 0 Å². The molecule has 18 heavy (non-hydrogen) atoms. The van der Waals surface area contributed by atoms with Gasteiger partial charge in [-0.3, -0.25) is 0 Å². The molecule has 0 fully saturated rings. The molecular formula is C13H28N2O3. The second-order valence-corrected chi connectivity index (χ2v) is 5.89. The van der Waals surface area contributed by atoms with Gasteiger partial charge in [0.05, 0.1) is 6.10 Å². The fourth-order valence-electron chi connectivity index (χ4n) is 1.51. The monoisotopic (exact) mass is 260 g/mol. The predicted octanol–water partition coefficient (Wildman–Crippen LogP) is 1.73. The molecule has 0 aromatic rings. The van der Waals surface area contributed by atoms with Crippen LogP contribution in [-0.4, -0.2) is 46.9 Å². The maximum atomic E-state index is 12.0. The highest BCUT2D eigenvalue weighted by atomic mass is 16.6. The first-order valence-electron chi connectivity index (χ1n) is 6.53. The van der Waals surface area contributed by atoms with Crippen molar-refractivity contribution in [3.05, 3.63) is 0 Å². The third-order valence-electron chi connectivity index (χ3n) is 2.21. The van der Waals surface area contributed by atoms with Crippen LogP contribution in [0.15, 0.2) is 0 Å². The molecule has 5 nitrogen and oxygen atoms in total. The van der Waals surface area contributed by atoms with Crippen LogP contribution in [0, 0.1) is 0 Å². The van der Waals surface area contributed by atoms with E-state index < -0.39 is 5.60 Å². The summed E-state index contributed by atoms with van der Waals surface area (Å²) in [5.74, 6) is 0. The van der Waals surface area contributed by atoms with E-state index in [4.69, 9.17) is 10.5 Å². The maximum absolute atomic E-state index is 12.0. The summed E-state index contributed by atoms with van der Waals surface area (Å²) in [6.45, 7) is 10.1. The van der Waals surface area contributed by atoms with Crippen molar-refractivity contribution >= 4 is 6.09 Å². The van der Waals surface area contributed by atoms with Crippen molar-refractivity contribution in [2.75, 3.05) is 13.1 Å². The van der Waals surface area contributed by atoms with Crippen LogP contribution < -0.4 is 5.73 Å². The van der Waals surface area contributed by atoms with Gasteiger partial charge in [-0.05, 0) is 47.5 Å². The van der Waals surface area contributed by atoms with E-state index >= 15 is 0 Å². The van der Waals surface area contributed by atoms with Gasteiger partial charge in [-0.15, -0.1) is 0 Å². The number of ether oxygens (including phenoxy) is 1. The quantitative estimate of drug-likeness (QED) is 0.762. The Kier molecular flexibility index (Phi) is 7.25. The van der Waals surface area contributed by atoms with Gasteiger partial charge >= 0.3 is 6.09 Å². The lowest BCUT2D eigenvalue weighted by atomic mass is 10.2. The zero-order valence-electron chi connectivity index (χ0n) is 12.3. The molecule has 0 rings (SSSR count). The molecule has 108 valence electrons. The molecule has 0 aromatic heterocycles. The number of aliphatic hydroxyl groups excluding tert-OH is 1. The van der Waals surface area contributed by atoms with E-state index in [0.717, 1.165) is 6.42 Å². The van der Waals surface area contributed by atoms with Gasteiger partial charge < -0.3 is 20.5 Å². The number of rotatable bonds is 6. The number of carbonyl (C=O) groups is 1. The van der Waals surface area contributed by atoms with Crippen molar-refractivity contribution in [3.8, 4) is 0 Å². The molecule has 1 amide bonds. The highest BCUT2D eigenvalue weighted by Gasteiger charge is 2.22. The SMILES string of the molecule is CC(N)CN(CCC[C@@H](C)O)C(=O)OC(C)(C)C. The Morgan fingerprint density at radius 2 is 1.94 bits per heavy atom. The first kappa shape index (κ1) is 17.2. The Morgan fingerprint density at radius 1 is 1.39 bits per heavy atom. The molecule has 0 bridgehead atoms. The number of amides is 1. The molecule has 0 aliphatic carbocycles. The standard InChI is InChI=1S/C13H28N2O3/c1-10(14)9-15(8-6-7-11(2)16)12(17)18-13(3,4)5/h10-11,16H,6-9,14H2,1-5H3/t10?,11-/m1/s1. The summed E-state index contributed by atoms with van der Waals surface area (Å²) in [5, 5.41) is 9.21. The summed E-state index contributed by atoms with van der Waals surface area (Å²) in [6, 6.07) is -0.0935. The zero-order chi connectivity index (χ0) is 14.3. The van der Waals surface area contributed by atoms with Gasteiger partial charge in [-0.25, -0.2) is 4.79 Å². The summed E-state index contributed by atoms with van der Waals surface area (Å²) in [7, 11) is 0. The molecule has 0 saturated carbocycles. The van der Waals surface area contributed by atoms with Crippen LogP contribution in [0.3, 0.4) is 0 Å². The maximum Gasteiger partial charge on any atom is 0.410 e. The molecule has 0 radical (unpaired) electrons. The molecule has 0 aromatic carbocycles. The van der Waals surface area contributed by atoms with E-state index in [0.29, 0.717) is 19.5 Å². The first-order valence-corrected chi connectivity index (χ1v) is 6.53. The molecule has 1 unspecified atom stereocenters. The zero-order valence-corrected chi connectivity index (χ0v) is 12.3. The van der Waals surface area contributed by atoms with Crippen LogP contribution in [0.2, 0.25) is 0 Å². The van der Waals surface area contributed by atoms with Crippen LogP contribution in [0.1, 0.15) is 47.5 Å². The molecule has 5 heteroatoms. The molecule has 0 saturated heterocycles. The van der Waals surface area contributed by atoms with Crippen LogP contribution in [0.4, 0.5) is 4.79 Å². The Labute approximate surface area is 110 Å². The summed E-state index contributed by atoms with van der Waals surface area (Å²) < 4.78 is 5.33. The van der Waals surface area contributed by atoms with Crippen molar-refractivity contribution in [2.45, 2.75) is 65.2 Å². The lowest BCUT2D eigenvalue weighted by Crippen LogP contribution is -2.43. The summed E-state index contributed by atoms with van der Waals surface area (Å²) in [4.78, 5) is 13.6. The van der Waals surface area contributed by atoms with E-state index in [2.05, 4.69) is 0 Å². The van der Waals surface area contributed by atoms with Crippen molar-refractivity contribution in [3.63, 3.8) is 0 Å². The first-order chi connectivity index (χ1) is 8.11. The van der Waals surface area contributed by atoms with Crippen LogP contribution in [0.5, 0.6) is 0 Å². The van der Waals surface area contributed by atoms with Gasteiger partial charge in [-0.2, -0.15) is 0 Å². The van der Waals surface area contributed by atoms with Gasteiger partial charge in [0.2, 0.25) is 0 Å². The molecule has 0 aliphatic rings. The van der Waals surface area contributed by atoms with Gasteiger partial charge in [-0.1, -0.05) is 0 Å². The van der Waals surface area contributed by atoms with Crippen molar-refractivity contribution in [1.82, 2.24) is 4.90 Å². The predicted molar refractivity (Wildman–Crippen MR) is 72.4 cm³/mol. The van der Waals surface area contributed by atoms with Crippen molar-refractivity contribution < 1.29 is 14.6 Å². The average Bonchev–Trinajstić information content (AvgIpc) is 2.12. The summed E-state index contributed by atoms with van der Waals surface area (Å²) in [6.07, 6.45) is 0.716. The van der Waals surface area contributed by atoms with E-state index in [1.165, 1.54) is 0 Å². The third-order valence-corrected chi connectivity index (χ3v) is 2.21. The molecule has 2 atom stereocenters. The number of hydrogen-bond donors (Lipinski definition) is 2. The van der Waals surface area contributed by atoms with E-state index in [1.807, 2.05) is 27.7 Å². The number of nitrogens with zero attached hydrogens (tertiary/aromatic N) is 1. The van der Waals surface area contributed by atoms with E-state index in [9.17, 15) is 9.90 Å². The molecule has 0 heterocycles. The smallest absolute Gasteiger partial charge is 0.410 e. The minimum atomic E-state index is -0.503. The minimum absolute atomic E-state index is 0.0935. The lowest BCUT2D eigenvalue weighted by molar-refractivity contribution is 0.0231. The number of nitrogens with two attached hydrogens (primary N) is 1. The minimum Gasteiger partial charge on any atom is -0.444 e. The van der Waals surface area contributed by atoms with Gasteiger partial charge in [0.25, 0.3) is 0 Å². The van der Waals surface area contributed by atoms with Crippen molar-refractivity contribution in [1.29, 1.82) is 0 Å². The number of hydrogen-bond acceptors (Lipinski definition) is 4. The Morgan fingerprint density at radius 3 is 2.33 bits per heavy atom. The van der Waals surface area contributed by atoms with E-state index in [1.54, 1.807) is 11.8 Å². The van der Waals surface area contributed by atoms with Crippen molar-refractivity contribution in [2.24, 2.45) is 5.73 Å². The molecule has 0 aliphatic heterocycles. The van der Waals surface area contributed by atoms with E-state index in [-0.39, 0.29) is 18.2 Å². The number of aliphatic hydroxyl groups is 1. The summed E-state index contributed by atoms with van der Waals surface area (Å²) >= 11 is 0. The van der Waals surface area contributed by atoms with Gasteiger partial charge in [0.15, 0.2) is 0 Å². The normalized spacial score (nSPS) is 15.1. The fourth-order valence-corrected chi connectivity index (χ4v) is 1.51. The molecule has 0 spiro atoms. The average molecular weight is 260 g/mol. The van der Waals surface area contributed by atoms with Crippen LogP contribution in [0.25, 0.3) is 0 Å².